The van der Waals surface area contributed by atoms with Crippen LogP contribution in [0.3, 0.4) is 0 Å². The van der Waals surface area contributed by atoms with E-state index in [2.05, 4.69) is 18.7 Å². The van der Waals surface area contributed by atoms with Crippen LogP contribution in [-0.4, -0.2) is 44.1 Å². The number of nitrogen functional groups attached to an aromatic ring is 1. The second kappa shape index (κ2) is 7.87. The fourth-order valence-corrected chi connectivity index (χ4v) is 2.21. The number of nitrogens with zero attached hydrogens (tertiary/aromatic N) is 1. The Bertz CT molecular complexity index is 449. The number of rotatable bonds is 8. The summed E-state index contributed by atoms with van der Waals surface area (Å²) >= 11 is 0. The van der Waals surface area contributed by atoms with E-state index in [1.807, 2.05) is 12.1 Å². The first-order valence-electron chi connectivity index (χ1n) is 6.77. The third kappa shape index (κ3) is 4.21. The predicted molar refractivity (Wildman–Crippen MR) is 81.4 cm³/mol. The molecule has 3 N–H and O–H groups in total. The Morgan fingerprint density at radius 3 is 2.60 bits per heavy atom. The van der Waals surface area contributed by atoms with Crippen LogP contribution in [0.1, 0.15) is 25.0 Å². The van der Waals surface area contributed by atoms with Crippen molar-refractivity contribution in [2.24, 2.45) is 5.73 Å². The van der Waals surface area contributed by atoms with E-state index in [4.69, 9.17) is 20.6 Å². The van der Waals surface area contributed by atoms with Gasteiger partial charge in [0.2, 0.25) is 0 Å². The maximum atomic E-state index is 7.54. The molecule has 5 nitrogen and oxygen atoms in total. The molecule has 5 heteroatoms. The fraction of sp³-hybridized carbons (Fsp3) is 0.533. The van der Waals surface area contributed by atoms with Crippen molar-refractivity contribution >= 4 is 5.84 Å². The van der Waals surface area contributed by atoms with Crippen molar-refractivity contribution in [3.63, 3.8) is 0 Å². The zero-order valence-corrected chi connectivity index (χ0v) is 12.8. The number of methoxy groups -OCH3 is 2. The predicted octanol–water partition coefficient (Wildman–Crippen LogP) is 1.84. The van der Waals surface area contributed by atoms with Crippen molar-refractivity contribution in [2.75, 3.05) is 27.4 Å². The number of hydrogen-bond donors (Lipinski definition) is 2. The largest absolute Gasteiger partial charge is 0.496 e. The highest BCUT2D eigenvalue weighted by Crippen LogP contribution is 2.22. The molecular formula is C15H25N3O2. The molecule has 1 rings (SSSR count). The second-order valence-electron chi connectivity index (χ2n) is 4.81. The van der Waals surface area contributed by atoms with Gasteiger partial charge in [0, 0.05) is 30.8 Å². The van der Waals surface area contributed by atoms with Crippen molar-refractivity contribution in [2.45, 2.75) is 26.4 Å². The Kier molecular flexibility index (Phi) is 6.48. The number of amidine groups is 1. The lowest BCUT2D eigenvalue weighted by Gasteiger charge is -2.28. The van der Waals surface area contributed by atoms with Crippen molar-refractivity contribution < 1.29 is 9.47 Å². The third-order valence-electron chi connectivity index (χ3n) is 3.40. The molecule has 0 radical (unpaired) electrons. The van der Waals surface area contributed by atoms with Crippen molar-refractivity contribution in [1.29, 1.82) is 5.41 Å². The van der Waals surface area contributed by atoms with Gasteiger partial charge in [-0.2, -0.15) is 0 Å². The lowest BCUT2D eigenvalue weighted by Crippen LogP contribution is -2.35. The molecular weight excluding hydrogens is 254 g/mol. The minimum Gasteiger partial charge on any atom is -0.496 e. The van der Waals surface area contributed by atoms with Gasteiger partial charge in [-0.05, 0) is 31.7 Å². The molecule has 1 atom stereocenters. The minimum atomic E-state index is 0.0712. The van der Waals surface area contributed by atoms with Gasteiger partial charge >= 0.3 is 0 Å². The molecule has 0 aromatic heterocycles. The van der Waals surface area contributed by atoms with E-state index in [0.717, 1.165) is 30.0 Å². The van der Waals surface area contributed by atoms with Crippen LogP contribution in [0.15, 0.2) is 18.2 Å². The molecule has 0 aliphatic rings. The number of nitrogens with one attached hydrogen (secondary N) is 1. The van der Waals surface area contributed by atoms with Crippen LogP contribution in [0.25, 0.3) is 0 Å². The van der Waals surface area contributed by atoms with E-state index in [1.165, 1.54) is 0 Å². The molecule has 0 spiro atoms. The summed E-state index contributed by atoms with van der Waals surface area (Å²) in [7, 11) is 3.36. The molecule has 0 saturated heterocycles. The van der Waals surface area contributed by atoms with E-state index in [9.17, 15) is 0 Å². The lowest BCUT2D eigenvalue weighted by atomic mass is 10.1. The maximum Gasteiger partial charge on any atom is 0.123 e. The van der Waals surface area contributed by atoms with E-state index < -0.39 is 0 Å². The standard InChI is InChI=1S/C15H25N3O2/c1-5-18(11(2)10-19-3)9-13-8-12(15(16)17)6-7-14(13)20-4/h6-8,11H,5,9-10H2,1-4H3,(H3,16,17). The highest BCUT2D eigenvalue weighted by molar-refractivity contribution is 5.95. The van der Waals surface area contributed by atoms with Gasteiger partial charge in [0.25, 0.3) is 0 Å². The summed E-state index contributed by atoms with van der Waals surface area (Å²) in [6.45, 7) is 6.59. The van der Waals surface area contributed by atoms with Crippen LogP contribution in [0, 0.1) is 5.41 Å². The number of hydrogen-bond acceptors (Lipinski definition) is 4. The SMILES string of the molecule is CCN(Cc1cc(C(=N)N)ccc1OC)C(C)COC. The molecule has 20 heavy (non-hydrogen) atoms. The van der Waals surface area contributed by atoms with Gasteiger partial charge < -0.3 is 15.2 Å². The Morgan fingerprint density at radius 2 is 2.10 bits per heavy atom. The number of likely N-dealkylation sites (N-methyl/N-ethyl adjacent to an activating group) is 1. The molecule has 0 aliphatic carbocycles. The molecule has 0 heterocycles. The first-order valence-corrected chi connectivity index (χ1v) is 6.77. The van der Waals surface area contributed by atoms with Crippen LogP contribution in [0.5, 0.6) is 5.75 Å². The normalized spacial score (nSPS) is 12.4. The average molecular weight is 279 g/mol. The van der Waals surface area contributed by atoms with Crippen molar-refractivity contribution in [3.05, 3.63) is 29.3 Å². The summed E-state index contributed by atoms with van der Waals surface area (Å²) < 4.78 is 10.6. The average Bonchev–Trinajstić information content (AvgIpc) is 2.44. The van der Waals surface area contributed by atoms with Gasteiger partial charge in [-0.15, -0.1) is 0 Å². The van der Waals surface area contributed by atoms with Crippen LogP contribution in [-0.2, 0) is 11.3 Å². The van der Waals surface area contributed by atoms with Gasteiger partial charge in [0.15, 0.2) is 0 Å². The number of benzene rings is 1. The topological polar surface area (TPSA) is 71.6 Å². The Morgan fingerprint density at radius 1 is 1.40 bits per heavy atom. The third-order valence-corrected chi connectivity index (χ3v) is 3.40. The summed E-state index contributed by atoms with van der Waals surface area (Å²) in [5, 5.41) is 7.54. The zero-order valence-electron chi connectivity index (χ0n) is 12.8. The van der Waals surface area contributed by atoms with Gasteiger partial charge in [0.05, 0.1) is 13.7 Å². The molecule has 0 bridgehead atoms. The molecule has 0 aliphatic heterocycles. The molecule has 0 amide bonds. The number of nitrogens with two attached hydrogens (primary N) is 1. The Labute approximate surface area is 121 Å². The molecule has 1 aromatic carbocycles. The lowest BCUT2D eigenvalue weighted by molar-refractivity contribution is 0.0976. The van der Waals surface area contributed by atoms with Crippen molar-refractivity contribution in [1.82, 2.24) is 4.90 Å². The summed E-state index contributed by atoms with van der Waals surface area (Å²) in [5.41, 5.74) is 7.31. The minimum absolute atomic E-state index is 0.0712. The van der Waals surface area contributed by atoms with Crippen molar-refractivity contribution in [3.8, 4) is 5.75 Å². The van der Waals surface area contributed by atoms with Crippen LogP contribution >= 0.6 is 0 Å². The van der Waals surface area contributed by atoms with E-state index in [1.54, 1.807) is 20.3 Å². The van der Waals surface area contributed by atoms with E-state index in [0.29, 0.717) is 12.6 Å². The summed E-state index contributed by atoms with van der Waals surface area (Å²) in [4.78, 5) is 2.30. The van der Waals surface area contributed by atoms with Crippen LogP contribution in [0.4, 0.5) is 0 Å². The quantitative estimate of drug-likeness (QED) is 0.562. The summed E-state index contributed by atoms with van der Waals surface area (Å²) in [5.74, 6) is 0.889. The van der Waals surface area contributed by atoms with Crippen LogP contribution in [0.2, 0.25) is 0 Å². The van der Waals surface area contributed by atoms with Gasteiger partial charge in [-0.25, -0.2) is 0 Å². The second-order valence-corrected chi connectivity index (χ2v) is 4.81. The monoisotopic (exact) mass is 279 g/mol. The summed E-state index contributed by atoms with van der Waals surface area (Å²) in [6.07, 6.45) is 0. The fourth-order valence-electron chi connectivity index (χ4n) is 2.21. The first kappa shape index (κ1) is 16.5. The van der Waals surface area contributed by atoms with Gasteiger partial charge in [-0.1, -0.05) is 6.92 Å². The van der Waals surface area contributed by atoms with Gasteiger partial charge in [-0.3, -0.25) is 10.3 Å². The Hall–Kier alpha value is -1.59. The number of ether oxygens (including phenoxy) is 2. The van der Waals surface area contributed by atoms with E-state index in [-0.39, 0.29) is 5.84 Å². The zero-order chi connectivity index (χ0) is 15.1. The molecule has 0 fully saturated rings. The first-order chi connectivity index (χ1) is 9.53. The molecule has 1 unspecified atom stereocenters. The smallest absolute Gasteiger partial charge is 0.123 e. The molecule has 112 valence electrons. The molecule has 0 saturated carbocycles. The highest BCUT2D eigenvalue weighted by Gasteiger charge is 2.15. The van der Waals surface area contributed by atoms with Crippen LogP contribution < -0.4 is 10.5 Å². The van der Waals surface area contributed by atoms with Gasteiger partial charge in [0.1, 0.15) is 11.6 Å². The maximum absolute atomic E-state index is 7.54. The summed E-state index contributed by atoms with van der Waals surface area (Å²) in [6, 6.07) is 5.90. The highest BCUT2D eigenvalue weighted by atomic mass is 16.5. The molecule has 1 aromatic rings. The Balaban J connectivity index is 2.98. The van der Waals surface area contributed by atoms with E-state index >= 15 is 0 Å².